The van der Waals surface area contributed by atoms with Crippen molar-refractivity contribution in [3.63, 3.8) is 0 Å². The largest absolute Gasteiger partial charge is 0.497 e. The second-order valence-electron chi connectivity index (χ2n) is 5.27. The maximum absolute atomic E-state index is 13.2. The molecule has 0 heterocycles. The molecule has 2 aromatic carbocycles. The number of ether oxygens (including phenoxy) is 1. The number of imide groups is 1. The van der Waals surface area contributed by atoms with Gasteiger partial charge in [0.2, 0.25) is 5.91 Å². The number of carbonyl (C=O) groups excluding carboxylic acids is 2. The van der Waals surface area contributed by atoms with Crippen molar-refractivity contribution < 1.29 is 18.7 Å². The number of halogens is 1. The quantitative estimate of drug-likeness (QED) is 0.748. The Bertz CT molecular complexity index is 717. The Labute approximate surface area is 145 Å². The molecule has 7 heteroatoms. The molecule has 0 aliphatic rings. The molecule has 3 amide bonds. The van der Waals surface area contributed by atoms with E-state index in [-0.39, 0.29) is 18.4 Å². The molecule has 0 radical (unpaired) electrons. The third-order valence-corrected chi connectivity index (χ3v) is 3.60. The van der Waals surface area contributed by atoms with Crippen LogP contribution in [0.25, 0.3) is 0 Å². The number of urea groups is 1. The maximum Gasteiger partial charge on any atom is 0.321 e. The molecule has 0 saturated carbocycles. The van der Waals surface area contributed by atoms with Gasteiger partial charge in [0.05, 0.1) is 19.7 Å². The first-order chi connectivity index (χ1) is 12.0. The van der Waals surface area contributed by atoms with E-state index in [4.69, 9.17) is 4.74 Å². The van der Waals surface area contributed by atoms with Crippen LogP contribution in [0.4, 0.5) is 9.18 Å². The van der Waals surface area contributed by atoms with E-state index < -0.39 is 11.9 Å². The van der Waals surface area contributed by atoms with Gasteiger partial charge in [0.15, 0.2) is 0 Å². The Morgan fingerprint density at radius 3 is 2.12 bits per heavy atom. The number of carbonyl (C=O) groups is 2. The van der Waals surface area contributed by atoms with Crippen LogP contribution in [0.2, 0.25) is 0 Å². The molecule has 0 bridgehead atoms. The lowest BCUT2D eigenvalue weighted by molar-refractivity contribution is -0.119. The third kappa shape index (κ3) is 5.29. The standard InChI is InChI=1S/C18H20FN3O3/c1-20-18(24)22-16(23)11-21-17(12-3-7-14(19)8-4-12)13-5-9-15(25-2)10-6-13/h3-10,17,21H,11H2,1-2H3,(H2,20,22,23,24)/t17-/m0/s1. The second kappa shape index (κ2) is 8.79. The normalized spacial score (nSPS) is 11.5. The van der Waals surface area contributed by atoms with Crippen molar-refractivity contribution in [2.45, 2.75) is 6.04 Å². The Morgan fingerprint density at radius 1 is 1.04 bits per heavy atom. The van der Waals surface area contributed by atoms with Gasteiger partial charge in [-0.15, -0.1) is 0 Å². The van der Waals surface area contributed by atoms with Gasteiger partial charge in [-0.1, -0.05) is 24.3 Å². The van der Waals surface area contributed by atoms with Crippen molar-refractivity contribution in [1.29, 1.82) is 0 Å². The predicted molar refractivity (Wildman–Crippen MR) is 91.8 cm³/mol. The van der Waals surface area contributed by atoms with Crippen LogP contribution in [-0.4, -0.2) is 32.6 Å². The summed E-state index contributed by atoms with van der Waals surface area (Å²) in [4.78, 5) is 23.0. The molecule has 0 saturated heterocycles. The lowest BCUT2D eigenvalue weighted by Crippen LogP contribution is -2.42. The number of amides is 3. The Morgan fingerprint density at radius 2 is 1.60 bits per heavy atom. The van der Waals surface area contributed by atoms with Gasteiger partial charge in [-0.3, -0.25) is 15.4 Å². The van der Waals surface area contributed by atoms with Crippen LogP contribution in [0, 0.1) is 5.82 Å². The first kappa shape index (κ1) is 18.4. The molecule has 0 aliphatic heterocycles. The van der Waals surface area contributed by atoms with Gasteiger partial charge in [0.1, 0.15) is 11.6 Å². The number of benzene rings is 2. The highest BCUT2D eigenvalue weighted by molar-refractivity contribution is 5.95. The van der Waals surface area contributed by atoms with E-state index in [0.717, 1.165) is 11.1 Å². The molecule has 1 atom stereocenters. The van der Waals surface area contributed by atoms with Gasteiger partial charge in [-0.05, 0) is 35.4 Å². The lowest BCUT2D eigenvalue weighted by atomic mass is 9.98. The molecule has 0 aromatic heterocycles. The van der Waals surface area contributed by atoms with Crippen LogP contribution < -0.4 is 20.7 Å². The Balaban J connectivity index is 2.18. The summed E-state index contributed by atoms with van der Waals surface area (Å²) in [5.74, 6) is -0.103. The molecule has 6 nitrogen and oxygen atoms in total. The fraction of sp³-hybridized carbons (Fsp3) is 0.222. The average Bonchev–Trinajstić information content (AvgIpc) is 2.63. The van der Waals surface area contributed by atoms with Gasteiger partial charge in [0.25, 0.3) is 0 Å². The zero-order valence-corrected chi connectivity index (χ0v) is 14.0. The first-order valence-electron chi connectivity index (χ1n) is 7.68. The van der Waals surface area contributed by atoms with Crippen molar-refractivity contribution in [3.8, 4) is 5.75 Å². The number of hydrogen-bond donors (Lipinski definition) is 3. The number of hydrogen-bond acceptors (Lipinski definition) is 4. The molecule has 2 aromatic rings. The summed E-state index contributed by atoms with van der Waals surface area (Å²) in [6.07, 6.45) is 0. The van der Waals surface area contributed by atoms with Crippen molar-refractivity contribution in [1.82, 2.24) is 16.0 Å². The van der Waals surface area contributed by atoms with E-state index in [9.17, 15) is 14.0 Å². The monoisotopic (exact) mass is 345 g/mol. The summed E-state index contributed by atoms with van der Waals surface area (Å²) in [6, 6.07) is 12.4. The highest BCUT2D eigenvalue weighted by Crippen LogP contribution is 2.24. The van der Waals surface area contributed by atoms with Crippen LogP contribution in [0.3, 0.4) is 0 Å². The highest BCUT2D eigenvalue weighted by Gasteiger charge is 2.16. The molecule has 2 rings (SSSR count). The summed E-state index contributed by atoms with van der Waals surface area (Å²) in [5, 5.41) is 7.58. The minimum Gasteiger partial charge on any atom is -0.497 e. The second-order valence-corrected chi connectivity index (χ2v) is 5.27. The van der Waals surface area contributed by atoms with Gasteiger partial charge in [0, 0.05) is 7.05 Å². The minimum absolute atomic E-state index is 0.0819. The number of nitrogens with one attached hydrogen (secondary N) is 3. The van der Waals surface area contributed by atoms with E-state index in [2.05, 4.69) is 16.0 Å². The molecular formula is C18H20FN3O3. The van der Waals surface area contributed by atoms with Crippen molar-refractivity contribution in [2.24, 2.45) is 0 Å². The summed E-state index contributed by atoms with van der Waals surface area (Å²) >= 11 is 0. The van der Waals surface area contributed by atoms with Gasteiger partial charge >= 0.3 is 6.03 Å². The van der Waals surface area contributed by atoms with Crippen LogP contribution in [0.1, 0.15) is 17.2 Å². The van der Waals surface area contributed by atoms with Crippen molar-refractivity contribution in [3.05, 3.63) is 65.5 Å². The van der Waals surface area contributed by atoms with Gasteiger partial charge < -0.3 is 10.1 Å². The minimum atomic E-state index is -0.574. The molecule has 0 aliphatic carbocycles. The van der Waals surface area contributed by atoms with Crippen LogP contribution in [-0.2, 0) is 4.79 Å². The Kier molecular flexibility index (Phi) is 6.47. The summed E-state index contributed by atoms with van der Waals surface area (Å²) in [7, 11) is 3.00. The van der Waals surface area contributed by atoms with E-state index in [1.54, 1.807) is 31.4 Å². The summed E-state index contributed by atoms with van der Waals surface area (Å²) in [5.41, 5.74) is 1.67. The molecular weight excluding hydrogens is 325 g/mol. The van der Waals surface area contributed by atoms with Crippen LogP contribution in [0.5, 0.6) is 5.75 Å². The number of methoxy groups -OCH3 is 1. The van der Waals surface area contributed by atoms with E-state index in [1.165, 1.54) is 19.2 Å². The molecule has 132 valence electrons. The van der Waals surface area contributed by atoms with E-state index in [1.807, 2.05) is 12.1 Å². The zero-order valence-electron chi connectivity index (χ0n) is 14.0. The average molecular weight is 345 g/mol. The van der Waals surface area contributed by atoms with Crippen molar-refractivity contribution in [2.75, 3.05) is 20.7 Å². The first-order valence-corrected chi connectivity index (χ1v) is 7.68. The fourth-order valence-corrected chi connectivity index (χ4v) is 2.31. The highest BCUT2D eigenvalue weighted by atomic mass is 19.1. The van der Waals surface area contributed by atoms with Crippen molar-refractivity contribution >= 4 is 11.9 Å². The lowest BCUT2D eigenvalue weighted by Gasteiger charge is -2.20. The molecule has 3 N–H and O–H groups in total. The van der Waals surface area contributed by atoms with Gasteiger partial charge in [-0.25, -0.2) is 9.18 Å². The predicted octanol–water partition coefficient (Wildman–Crippen LogP) is 1.97. The topological polar surface area (TPSA) is 79.5 Å². The molecule has 0 fully saturated rings. The van der Waals surface area contributed by atoms with Crippen LogP contribution in [0.15, 0.2) is 48.5 Å². The molecule has 0 unspecified atom stereocenters. The van der Waals surface area contributed by atoms with E-state index >= 15 is 0 Å². The number of rotatable bonds is 6. The molecule has 0 spiro atoms. The third-order valence-electron chi connectivity index (χ3n) is 3.60. The summed E-state index contributed by atoms with van der Waals surface area (Å²) < 4.78 is 18.3. The summed E-state index contributed by atoms with van der Waals surface area (Å²) in [6.45, 7) is -0.0819. The SMILES string of the molecule is CNC(=O)NC(=O)CN[C@@H](c1ccc(F)cc1)c1ccc(OC)cc1. The molecule has 25 heavy (non-hydrogen) atoms. The maximum atomic E-state index is 13.2. The van der Waals surface area contributed by atoms with Crippen LogP contribution >= 0.6 is 0 Å². The zero-order chi connectivity index (χ0) is 18.2. The Hall–Kier alpha value is -2.93. The van der Waals surface area contributed by atoms with E-state index in [0.29, 0.717) is 5.75 Å². The smallest absolute Gasteiger partial charge is 0.321 e. The fourth-order valence-electron chi connectivity index (χ4n) is 2.31. The van der Waals surface area contributed by atoms with Gasteiger partial charge in [-0.2, -0.15) is 0 Å².